The predicted octanol–water partition coefficient (Wildman–Crippen LogP) is 5.59. The van der Waals surface area contributed by atoms with Gasteiger partial charge in [-0.1, -0.05) is 62.2 Å². The molecule has 1 aromatic heterocycles. The molecule has 2 aliphatic rings. The van der Waals surface area contributed by atoms with Crippen LogP contribution in [0.2, 0.25) is 10.0 Å². The average molecular weight is 539 g/mol. The van der Waals surface area contributed by atoms with Crippen molar-refractivity contribution < 1.29 is 6.11 Å². The molecular formula is C27H29Cl2N7O. The summed E-state index contributed by atoms with van der Waals surface area (Å²) in [7, 11) is 0. The Bertz CT molecular complexity index is 1450. The van der Waals surface area contributed by atoms with Crippen molar-refractivity contribution in [3.05, 3.63) is 75.7 Å². The van der Waals surface area contributed by atoms with Crippen molar-refractivity contribution in [2.45, 2.75) is 32.8 Å². The summed E-state index contributed by atoms with van der Waals surface area (Å²) in [5, 5.41) is 20.0. The summed E-state index contributed by atoms with van der Waals surface area (Å²) in [6, 6.07) is 11.7. The van der Waals surface area contributed by atoms with Crippen molar-refractivity contribution in [2.24, 2.45) is 5.41 Å². The van der Waals surface area contributed by atoms with E-state index in [-0.39, 0.29) is 11.5 Å². The van der Waals surface area contributed by atoms with E-state index < -0.39 is 6.02 Å². The fourth-order valence-corrected chi connectivity index (χ4v) is 4.58. The number of ether oxygens (including phenoxy) is 1. The molecule has 1 atom stereocenters. The molecule has 2 aromatic carbocycles. The molecule has 3 aromatic rings. The van der Waals surface area contributed by atoms with Crippen LogP contribution >= 0.6 is 23.2 Å². The molecule has 5 rings (SSSR count). The fraction of sp³-hybridized carbons (Fsp3) is 0.333. The molecule has 0 unspecified atom stereocenters. The number of halogens is 2. The molecule has 37 heavy (non-hydrogen) atoms. The van der Waals surface area contributed by atoms with Crippen molar-refractivity contribution in [2.75, 3.05) is 30.4 Å². The lowest BCUT2D eigenvalue weighted by Gasteiger charge is -2.33. The maximum Gasteiger partial charge on any atom is 0.103 e. The van der Waals surface area contributed by atoms with Gasteiger partial charge in [0.05, 0.1) is 54.1 Å². The number of benzene rings is 2. The monoisotopic (exact) mass is 538 g/mol. The molecule has 0 radical (unpaired) electrons. The van der Waals surface area contributed by atoms with Crippen LogP contribution in [0.3, 0.4) is 0 Å². The summed E-state index contributed by atoms with van der Waals surface area (Å²) >= 11 is 13.3. The van der Waals surface area contributed by atoms with Gasteiger partial charge in [0.15, 0.2) is 0 Å². The Balaban J connectivity index is 1.60. The number of pyridine rings is 1. The van der Waals surface area contributed by atoms with Crippen molar-refractivity contribution in [1.82, 2.24) is 21.0 Å². The Morgan fingerprint density at radius 1 is 1.27 bits per heavy atom. The average Bonchev–Trinajstić information content (AvgIpc) is 3.31. The number of nitrogens with zero attached hydrogens (tertiary/aromatic N) is 3. The smallest absolute Gasteiger partial charge is 0.103 e. The van der Waals surface area contributed by atoms with Gasteiger partial charge >= 0.3 is 0 Å². The number of aromatic nitrogens is 1. The van der Waals surface area contributed by atoms with Crippen LogP contribution in [0.5, 0.6) is 0 Å². The van der Waals surface area contributed by atoms with Crippen molar-refractivity contribution in [3.63, 3.8) is 0 Å². The lowest BCUT2D eigenvalue weighted by atomic mass is 9.96. The van der Waals surface area contributed by atoms with Crippen LogP contribution < -0.4 is 21.6 Å². The highest BCUT2D eigenvalue weighted by Gasteiger charge is 2.31. The fourth-order valence-electron chi connectivity index (χ4n) is 4.08. The molecule has 0 amide bonds. The van der Waals surface area contributed by atoms with E-state index in [0.29, 0.717) is 68.9 Å². The standard InChI is InChI=1S/C27H29Cl2N7O/c1-27(2,3)15-32-24-16(10-30)11-31-25-20(24)8-17(9-22(25)29)33-26(19-6-4-5-7-21(19)28)23-12-36(35-34-23)18-13-37-14-18/h4-9,11-12,18,26,33-35H,13-15H2,1-3H3,(H,31,32)/t26-/m1/s1/i26D. The quantitative estimate of drug-likeness (QED) is 0.309. The van der Waals surface area contributed by atoms with Gasteiger partial charge in [0.25, 0.3) is 0 Å². The van der Waals surface area contributed by atoms with Gasteiger partial charge in [0, 0.05) is 35.0 Å². The minimum Gasteiger partial charge on any atom is -0.383 e. The first-order chi connectivity index (χ1) is 18.1. The zero-order valence-electron chi connectivity index (χ0n) is 21.8. The summed E-state index contributed by atoms with van der Waals surface area (Å²) < 4.78 is 15.0. The number of hydrazine groups is 2. The molecule has 0 spiro atoms. The number of nitrogens with one attached hydrogen (secondary N) is 4. The highest BCUT2D eigenvalue weighted by molar-refractivity contribution is 6.36. The number of hydrogen-bond acceptors (Lipinski definition) is 8. The molecule has 0 aliphatic carbocycles. The Labute approximate surface area is 227 Å². The maximum absolute atomic E-state index is 9.79. The molecular weight excluding hydrogens is 509 g/mol. The van der Waals surface area contributed by atoms with Crippen LogP contribution in [0.4, 0.5) is 11.4 Å². The second kappa shape index (κ2) is 10.3. The van der Waals surface area contributed by atoms with Crippen molar-refractivity contribution >= 4 is 45.5 Å². The van der Waals surface area contributed by atoms with Crippen LogP contribution in [0.15, 0.2) is 54.5 Å². The summed E-state index contributed by atoms with van der Waals surface area (Å²) in [5.74, 6) is 0. The minimum absolute atomic E-state index is 0.0205. The number of rotatable bonds is 7. The van der Waals surface area contributed by atoms with E-state index in [0.717, 1.165) is 0 Å². The van der Waals surface area contributed by atoms with Gasteiger partial charge in [-0.25, -0.2) is 0 Å². The normalized spacial score (nSPS) is 17.8. The molecule has 8 nitrogen and oxygen atoms in total. The van der Waals surface area contributed by atoms with E-state index in [1.54, 1.807) is 12.1 Å². The summed E-state index contributed by atoms with van der Waals surface area (Å²) in [4.78, 5) is 4.45. The van der Waals surface area contributed by atoms with Gasteiger partial charge in [-0.3, -0.25) is 9.99 Å². The highest BCUT2D eigenvalue weighted by atomic mass is 35.5. The molecule has 0 bridgehead atoms. The molecule has 192 valence electrons. The van der Waals surface area contributed by atoms with Crippen LogP contribution in [0, 0.1) is 16.7 Å². The zero-order valence-corrected chi connectivity index (χ0v) is 22.3. The molecule has 2 aliphatic heterocycles. The van der Waals surface area contributed by atoms with Crippen LogP contribution in [0.25, 0.3) is 10.9 Å². The molecule has 4 N–H and O–H groups in total. The Morgan fingerprint density at radius 3 is 2.73 bits per heavy atom. The lowest BCUT2D eigenvalue weighted by molar-refractivity contribution is -0.0635. The summed E-state index contributed by atoms with van der Waals surface area (Å²) in [6.45, 7) is 8.18. The van der Waals surface area contributed by atoms with Gasteiger partial charge in [-0.15, -0.1) is 5.53 Å². The molecule has 1 fully saturated rings. The van der Waals surface area contributed by atoms with Gasteiger partial charge in [-0.05, 0) is 29.2 Å². The zero-order chi connectivity index (χ0) is 27.1. The van der Waals surface area contributed by atoms with Crippen molar-refractivity contribution in [1.29, 1.82) is 5.26 Å². The molecule has 0 saturated carbocycles. The van der Waals surface area contributed by atoms with Crippen LogP contribution in [-0.4, -0.2) is 35.8 Å². The second-order valence-electron chi connectivity index (χ2n) is 10.3. The molecule has 3 heterocycles. The third-order valence-corrected chi connectivity index (χ3v) is 6.74. The Hall–Kier alpha value is -3.22. The summed E-state index contributed by atoms with van der Waals surface area (Å²) in [5.41, 5.74) is 9.53. The largest absolute Gasteiger partial charge is 0.383 e. The van der Waals surface area contributed by atoms with Gasteiger partial charge in [0.1, 0.15) is 6.07 Å². The number of fused-ring (bicyclic) bond motifs is 1. The highest BCUT2D eigenvalue weighted by Crippen LogP contribution is 2.37. The topological polar surface area (TPSA) is 97.3 Å². The minimum atomic E-state index is -1.51. The predicted molar refractivity (Wildman–Crippen MR) is 148 cm³/mol. The van der Waals surface area contributed by atoms with E-state index >= 15 is 0 Å². The third-order valence-electron chi connectivity index (χ3n) is 6.12. The van der Waals surface area contributed by atoms with E-state index in [4.69, 9.17) is 27.9 Å². The van der Waals surface area contributed by atoms with Crippen LogP contribution in [0.1, 0.15) is 39.3 Å². The SMILES string of the molecule is [2H][C@](Nc1cc(Cl)c2ncc(C#N)c(NCC(C)(C)C)c2c1)(C1=CN(C2COC2)NN1)c1ccccc1Cl. The second-order valence-corrected chi connectivity index (χ2v) is 11.1. The van der Waals surface area contributed by atoms with Gasteiger partial charge < -0.3 is 20.8 Å². The Morgan fingerprint density at radius 2 is 2.05 bits per heavy atom. The third kappa shape index (κ3) is 5.41. The van der Waals surface area contributed by atoms with E-state index in [9.17, 15) is 6.63 Å². The number of nitriles is 1. The maximum atomic E-state index is 9.79. The lowest BCUT2D eigenvalue weighted by Crippen LogP contribution is -2.52. The first-order valence-electron chi connectivity index (χ1n) is 12.5. The number of hydrogen-bond donors (Lipinski definition) is 4. The summed E-state index contributed by atoms with van der Waals surface area (Å²) in [6.07, 6.45) is 3.38. The Kier molecular flexibility index (Phi) is 6.70. The first-order valence-corrected chi connectivity index (χ1v) is 12.7. The van der Waals surface area contributed by atoms with E-state index in [2.05, 4.69) is 53.4 Å². The van der Waals surface area contributed by atoms with E-state index in [1.807, 2.05) is 35.5 Å². The van der Waals surface area contributed by atoms with Crippen molar-refractivity contribution in [3.8, 4) is 6.07 Å². The number of anilines is 2. The first kappa shape index (κ1) is 24.1. The van der Waals surface area contributed by atoms with E-state index in [1.165, 1.54) is 6.20 Å². The van der Waals surface area contributed by atoms with Gasteiger partial charge in [-0.2, -0.15) is 5.26 Å². The molecule has 10 heteroatoms. The van der Waals surface area contributed by atoms with Crippen LogP contribution in [-0.2, 0) is 4.74 Å². The molecule has 1 saturated heterocycles. The van der Waals surface area contributed by atoms with Gasteiger partial charge in [0.2, 0.25) is 0 Å².